The molecule has 1 fully saturated rings. The number of hydrogen-bond donors (Lipinski definition) is 1. The molecule has 0 spiro atoms. The Morgan fingerprint density at radius 2 is 1.59 bits per heavy atom. The number of rotatable bonds is 4. The molecule has 0 unspecified atom stereocenters. The summed E-state index contributed by atoms with van der Waals surface area (Å²) < 4.78 is 27.9. The maximum atomic E-state index is 13.2. The van der Waals surface area contributed by atoms with E-state index in [4.69, 9.17) is 0 Å². The summed E-state index contributed by atoms with van der Waals surface area (Å²) in [5.41, 5.74) is 4.21. The number of nitrogens with one attached hydrogen (secondary N) is 1. The number of hydrogen-bond acceptors (Lipinski definition) is 3. The smallest absolute Gasteiger partial charge is 0.255 e. The molecule has 0 radical (unpaired) electrons. The molecule has 0 bridgehead atoms. The fourth-order valence-electron chi connectivity index (χ4n) is 4.31. The topological polar surface area (TPSA) is 66.5 Å². The number of piperidine rings is 1. The van der Waals surface area contributed by atoms with Crippen LogP contribution in [-0.2, 0) is 10.0 Å². The standard InChI is InChI=1S/C23H30N2O3S/c1-15-10-18(4)22(19(5)11-15)24-23(26)20-7-6-8-21(12-20)29(27,28)25-13-16(2)9-17(3)14-25/h6-8,10-12,16-17H,9,13-14H2,1-5H3,(H,24,26)/t16-,17+. The molecule has 0 aliphatic carbocycles. The summed E-state index contributed by atoms with van der Waals surface area (Å²) in [5.74, 6) is 0.345. The predicted octanol–water partition coefficient (Wildman–Crippen LogP) is 4.53. The monoisotopic (exact) mass is 414 g/mol. The predicted molar refractivity (Wildman–Crippen MR) is 117 cm³/mol. The van der Waals surface area contributed by atoms with Gasteiger partial charge >= 0.3 is 0 Å². The normalized spacial score (nSPS) is 20.4. The van der Waals surface area contributed by atoms with E-state index in [1.807, 2.05) is 32.9 Å². The van der Waals surface area contributed by atoms with E-state index >= 15 is 0 Å². The molecule has 1 saturated heterocycles. The van der Waals surface area contributed by atoms with Crippen LogP contribution >= 0.6 is 0 Å². The van der Waals surface area contributed by atoms with Crippen molar-refractivity contribution in [1.82, 2.24) is 4.31 Å². The van der Waals surface area contributed by atoms with E-state index in [0.717, 1.165) is 28.8 Å². The Morgan fingerprint density at radius 1 is 1.00 bits per heavy atom. The highest BCUT2D eigenvalue weighted by molar-refractivity contribution is 7.89. The zero-order chi connectivity index (χ0) is 21.3. The highest BCUT2D eigenvalue weighted by Crippen LogP contribution is 2.27. The third-order valence-electron chi connectivity index (χ3n) is 5.48. The lowest BCUT2D eigenvalue weighted by atomic mass is 9.94. The van der Waals surface area contributed by atoms with Gasteiger partial charge in [0, 0.05) is 24.3 Å². The molecule has 1 amide bonds. The Balaban J connectivity index is 1.87. The molecule has 0 saturated carbocycles. The van der Waals surface area contributed by atoms with Crippen molar-refractivity contribution in [2.75, 3.05) is 18.4 Å². The van der Waals surface area contributed by atoms with E-state index < -0.39 is 10.0 Å². The first-order valence-corrected chi connectivity index (χ1v) is 11.5. The van der Waals surface area contributed by atoms with Gasteiger partial charge < -0.3 is 5.32 Å². The van der Waals surface area contributed by atoms with Gasteiger partial charge in [-0.2, -0.15) is 4.31 Å². The fourth-order valence-corrected chi connectivity index (χ4v) is 6.04. The average Bonchev–Trinajstić information content (AvgIpc) is 2.63. The molecular formula is C23H30N2O3S. The SMILES string of the molecule is Cc1cc(C)c(NC(=O)c2cccc(S(=O)(=O)N3C[C@H](C)C[C@H](C)C3)c2)c(C)c1. The number of carbonyl (C=O) groups is 1. The Kier molecular flexibility index (Phi) is 6.15. The third kappa shape index (κ3) is 4.70. The number of benzene rings is 2. The van der Waals surface area contributed by atoms with E-state index in [9.17, 15) is 13.2 Å². The number of anilines is 1. The van der Waals surface area contributed by atoms with Crippen LogP contribution in [0.1, 0.15) is 47.3 Å². The molecule has 2 aromatic carbocycles. The van der Waals surface area contributed by atoms with E-state index in [1.54, 1.807) is 22.5 Å². The Hall–Kier alpha value is -2.18. The molecule has 29 heavy (non-hydrogen) atoms. The number of carbonyl (C=O) groups excluding carboxylic acids is 1. The Morgan fingerprint density at radius 3 is 2.17 bits per heavy atom. The zero-order valence-corrected chi connectivity index (χ0v) is 18.6. The molecule has 6 heteroatoms. The van der Waals surface area contributed by atoms with E-state index in [1.165, 1.54) is 6.07 Å². The lowest BCUT2D eigenvalue weighted by molar-refractivity contribution is 0.102. The molecule has 0 aromatic heterocycles. The molecule has 2 atom stereocenters. The molecule has 2 aromatic rings. The number of sulfonamides is 1. The molecular weight excluding hydrogens is 384 g/mol. The summed E-state index contributed by atoms with van der Waals surface area (Å²) in [5, 5.41) is 2.95. The van der Waals surface area contributed by atoms with Gasteiger partial charge in [-0.1, -0.05) is 37.6 Å². The van der Waals surface area contributed by atoms with Crippen molar-refractivity contribution in [1.29, 1.82) is 0 Å². The highest BCUT2D eigenvalue weighted by Gasteiger charge is 2.32. The summed E-state index contributed by atoms with van der Waals surface area (Å²) >= 11 is 0. The number of aryl methyl sites for hydroxylation is 3. The van der Waals surface area contributed by atoms with Gasteiger partial charge in [0.15, 0.2) is 0 Å². The van der Waals surface area contributed by atoms with Gasteiger partial charge in [0.25, 0.3) is 5.91 Å². The van der Waals surface area contributed by atoms with Crippen LogP contribution in [0.4, 0.5) is 5.69 Å². The van der Waals surface area contributed by atoms with Crippen LogP contribution in [0.15, 0.2) is 41.3 Å². The van der Waals surface area contributed by atoms with Gasteiger partial charge in [-0.15, -0.1) is 0 Å². The van der Waals surface area contributed by atoms with Crippen LogP contribution in [0.3, 0.4) is 0 Å². The summed E-state index contributed by atoms with van der Waals surface area (Å²) in [6, 6.07) is 10.4. The van der Waals surface area contributed by atoms with Gasteiger partial charge in [0.1, 0.15) is 0 Å². The third-order valence-corrected chi connectivity index (χ3v) is 7.31. The van der Waals surface area contributed by atoms with Crippen LogP contribution in [0.2, 0.25) is 0 Å². The lowest BCUT2D eigenvalue weighted by Crippen LogP contribution is -2.42. The molecule has 156 valence electrons. The van der Waals surface area contributed by atoms with Gasteiger partial charge in [0.05, 0.1) is 4.90 Å². The van der Waals surface area contributed by atoms with Crippen LogP contribution in [-0.4, -0.2) is 31.7 Å². The number of nitrogens with zero attached hydrogens (tertiary/aromatic N) is 1. The minimum atomic E-state index is -3.63. The van der Waals surface area contributed by atoms with Crippen molar-refractivity contribution < 1.29 is 13.2 Å². The largest absolute Gasteiger partial charge is 0.322 e. The van der Waals surface area contributed by atoms with Crippen molar-refractivity contribution >= 4 is 21.6 Å². The maximum Gasteiger partial charge on any atom is 0.255 e. The second kappa shape index (κ2) is 8.28. The summed E-state index contributed by atoms with van der Waals surface area (Å²) in [6.45, 7) is 11.1. The summed E-state index contributed by atoms with van der Waals surface area (Å²) in [7, 11) is -3.63. The maximum absolute atomic E-state index is 13.2. The molecule has 1 aliphatic rings. The van der Waals surface area contributed by atoms with Crippen molar-refractivity contribution in [3.05, 3.63) is 58.7 Å². The lowest BCUT2D eigenvalue weighted by Gasteiger charge is -2.34. The van der Waals surface area contributed by atoms with Gasteiger partial charge in [-0.25, -0.2) is 8.42 Å². The summed E-state index contributed by atoms with van der Waals surface area (Å²) in [6.07, 6.45) is 1.03. The fraction of sp³-hybridized carbons (Fsp3) is 0.435. The summed E-state index contributed by atoms with van der Waals surface area (Å²) in [4.78, 5) is 13.0. The van der Waals surface area contributed by atoms with Gasteiger partial charge in [0.2, 0.25) is 10.0 Å². The zero-order valence-electron chi connectivity index (χ0n) is 17.8. The van der Waals surface area contributed by atoms with Crippen LogP contribution in [0.5, 0.6) is 0 Å². The first-order chi connectivity index (χ1) is 13.6. The van der Waals surface area contributed by atoms with E-state index in [2.05, 4.69) is 19.2 Å². The van der Waals surface area contributed by atoms with Crippen molar-refractivity contribution in [2.45, 2.75) is 45.9 Å². The quantitative estimate of drug-likeness (QED) is 0.799. The van der Waals surface area contributed by atoms with E-state index in [-0.39, 0.29) is 10.8 Å². The first kappa shape index (κ1) is 21.5. The molecule has 1 heterocycles. The second-order valence-electron chi connectivity index (χ2n) is 8.52. The Labute approximate surface area is 174 Å². The molecule has 3 rings (SSSR count). The molecule has 5 nitrogen and oxygen atoms in total. The van der Waals surface area contributed by atoms with Gasteiger partial charge in [-0.3, -0.25) is 4.79 Å². The minimum absolute atomic E-state index is 0.170. The molecule has 1 N–H and O–H groups in total. The highest BCUT2D eigenvalue weighted by atomic mass is 32.2. The van der Waals surface area contributed by atoms with E-state index in [0.29, 0.717) is 30.5 Å². The van der Waals surface area contributed by atoms with Crippen LogP contribution in [0.25, 0.3) is 0 Å². The first-order valence-electron chi connectivity index (χ1n) is 10.1. The second-order valence-corrected chi connectivity index (χ2v) is 10.5. The van der Waals surface area contributed by atoms with Gasteiger partial charge in [-0.05, 0) is 68.4 Å². The van der Waals surface area contributed by atoms with Crippen molar-refractivity contribution in [2.24, 2.45) is 11.8 Å². The van der Waals surface area contributed by atoms with Crippen LogP contribution in [0, 0.1) is 32.6 Å². The van der Waals surface area contributed by atoms with Crippen molar-refractivity contribution in [3.63, 3.8) is 0 Å². The van der Waals surface area contributed by atoms with Crippen LogP contribution < -0.4 is 5.32 Å². The molecule has 1 aliphatic heterocycles. The Bertz CT molecular complexity index is 997. The minimum Gasteiger partial charge on any atom is -0.322 e. The number of amides is 1. The van der Waals surface area contributed by atoms with Crippen molar-refractivity contribution in [3.8, 4) is 0 Å². The average molecular weight is 415 g/mol.